The third-order valence-corrected chi connectivity index (χ3v) is 5.68. The van der Waals surface area contributed by atoms with Crippen molar-refractivity contribution in [2.45, 2.75) is 32.7 Å². The molecule has 1 heterocycles. The largest absolute Gasteiger partial charge is 0.465 e. The average molecular weight is 409 g/mol. The fourth-order valence-electron chi connectivity index (χ4n) is 3.05. The van der Waals surface area contributed by atoms with E-state index in [4.69, 9.17) is 4.74 Å². The first kappa shape index (κ1) is 20.7. The van der Waals surface area contributed by atoms with Gasteiger partial charge in [-0.05, 0) is 35.2 Å². The first-order chi connectivity index (χ1) is 13.9. The van der Waals surface area contributed by atoms with Crippen molar-refractivity contribution in [1.29, 1.82) is 0 Å². The number of hydrogen-bond acceptors (Lipinski definition) is 4. The summed E-state index contributed by atoms with van der Waals surface area (Å²) in [7, 11) is 1.35. The van der Waals surface area contributed by atoms with Gasteiger partial charge in [0.25, 0.3) is 5.91 Å². The molecule has 0 radical (unpaired) electrons. The van der Waals surface area contributed by atoms with Crippen LogP contribution in [0.4, 0.5) is 0 Å². The Kier molecular flexibility index (Phi) is 6.44. The molecule has 0 aliphatic rings. The van der Waals surface area contributed by atoms with Gasteiger partial charge in [0.2, 0.25) is 0 Å². The number of amides is 1. The van der Waals surface area contributed by atoms with Crippen molar-refractivity contribution in [2.75, 3.05) is 7.11 Å². The average Bonchev–Trinajstić information content (AvgIpc) is 3.04. The summed E-state index contributed by atoms with van der Waals surface area (Å²) < 4.78 is 7.58. The number of thiazole rings is 1. The van der Waals surface area contributed by atoms with Gasteiger partial charge in [-0.3, -0.25) is 4.79 Å². The second-order valence-electron chi connectivity index (χ2n) is 7.04. The van der Waals surface area contributed by atoms with Crippen molar-refractivity contribution in [3.05, 3.63) is 76.6 Å². The van der Waals surface area contributed by atoms with Gasteiger partial charge in [0.05, 0.1) is 29.3 Å². The summed E-state index contributed by atoms with van der Waals surface area (Å²) in [6, 6.07) is 13.4. The van der Waals surface area contributed by atoms with Crippen LogP contribution in [0.2, 0.25) is 0 Å². The summed E-state index contributed by atoms with van der Waals surface area (Å²) in [6.45, 7) is 8.60. The third kappa shape index (κ3) is 4.71. The van der Waals surface area contributed by atoms with E-state index in [0.29, 0.717) is 22.8 Å². The summed E-state index contributed by atoms with van der Waals surface area (Å²) >= 11 is 1.37. The molecule has 3 aromatic rings. The monoisotopic (exact) mass is 408 g/mol. The molecule has 0 fully saturated rings. The Morgan fingerprint density at radius 1 is 1.21 bits per heavy atom. The van der Waals surface area contributed by atoms with Gasteiger partial charge in [-0.15, -0.1) is 6.58 Å². The summed E-state index contributed by atoms with van der Waals surface area (Å²) in [5.74, 6) is -0.148. The molecule has 0 saturated heterocycles. The molecule has 5 nitrogen and oxygen atoms in total. The Balaban J connectivity index is 1.94. The standard InChI is InChI=1S/C23H24N2O3S/c1-5-12-25-19-11-10-18(22(27)28-4)14-20(19)29-23(25)24-21(26)13-16-6-8-17(9-7-16)15(2)3/h5-11,14-15H,1,12-13H2,2-4H3. The fraction of sp³-hybridized carbons (Fsp3) is 0.261. The van der Waals surface area contributed by atoms with Crippen molar-refractivity contribution in [2.24, 2.45) is 4.99 Å². The first-order valence-corrected chi connectivity index (χ1v) is 10.2. The number of esters is 1. The van der Waals surface area contributed by atoms with Gasteiger partial charge in [0, 0.05) is 6.54 Å². The molecule has 0 N–H and O–H groups in total. The van der Waals surface area contributed by atoms with Crippen LogP contribution in [-0.4, -0.2) is 23.6 Å². The minimum atomic E-state index is -0.394. The summed E-state index contributed by atoms with van der Waals surface area (Å²) in [5.41, 5.74) is 3.55. The van der Waals surface area contributed by atoms with Crippen molar-refractivity contribution in [3.63, 3.8) is 0 Å². The molecule has 0 aliphatic heterocycles. The number of nitrogens with zero attached hydrogens (tertiary/aromatic N) is 2. The maximum absolute atomic E-state index is 12.6. The molecule has 2 aromatic carbocycles. The van der Waals surface area contributed by atoms with Crippen LogP contribution in [0.1, 0.15) is 41.3 Å². The zero-order valence-corrected chi connectivity index (χ0v) is 17.7. The molecule has 29 heavy (non-hydrogen) atoms. The van der Waals surface area contributed by atoms with E-state index in [0.717, 1.165) is 15.8 Å². The van der Waals surface area contributed by atoms with Gasteiger partial charge in [-0.25, -0.2) is 4.79 Å². The van der Waals surface area contributed by atoms with Crippen LogP contribution >= 0.6 is 11.3 Å². The zero-order valence-electron chi connectivity index (χ0n) is 16.8. The summed E-state index contributed by atoms with van der Waals surface area (Å²) in [4.78, 5) is 29.3. The first-order valence-electron chi connectivity index (χ1n) is 9.42. The van der Waals surface area contributed by atoms with Gasteiger partial charge < -0.3 is 9.30 Å². The highest BCUT2D eigenvalue weighted by Gasteiger charge is 2.12. The van der Waals surface area contributed by atoms with Crippen molar-refractivity contribution >= 4 is 33.4 Å². The van der Waals surface area contributed by atoms with Crippen molar-refractivity contribution < 1.29 is 14.3 Å². The highest BCUT2D eigenvalue weighted by Crippen LogP contribution is 2.20. The molecular weight excluding hydrogens is 384 g/mol. The molecule has 0 aliphatic carbocycles. The Labute approximate surface area is 174 Å². The van der Waals surface area contributed by atoms with Crippen molar-refractivity contribution in [3.8, 4) is 0 Å². The predicted octanol–water partition coefficient (Wildman–Crippen LogP) is 4.47. The van der Waals surface area contributed by atoms with Gasteiger partial charge >= 0.3 is 5.97 Å². The third-order valence-electron chi connectivity index (χ3n) is 4.64. The Bertz CT molecular complexity index is 1120. The zero-order chi connectivity index (χ0) is 21.0. The van der Waals surface area contributed by atoms with Crippen molar-refractivity contribution in [1.82, 2.24) is 4.57 Å². The van der Waals surface area contributed by atoms with E-state index in [1.807, 2.05) is 22.8 Å². The van der Waals surface area contributed by atoms with Crippen LogP contribution in [0, 0.1) is 0 Å². The number of methoxy groups -OCH3 is 1. The Morgan fingerprint density at radius 2 is 1.93 bits per heavy atom. The number of benzene rings is 2. The number of aromatic nitrogens is 1. The van der Waals surface area contributed by atoms with Gasteiger partial charge in [-0.1, -0.05) is 55.5 Å². The molecule has 1 amide bonds. The number of fused-ring (bicyclic) bond motifs is 1. The number of allylic oxidation sites excluding steroid dienone is 1. The Hall–Kier alpha value is -2.99. The number of carbonyl (C=O) groups excluding carboxylic acids is 2. The lowest BCUT2D eigenvalue weighted by atomic mass is 10.0. The highest BCUT2D eigenvalue weighted by atomic mass is 32.1. The van der Waals surface area contributed by atoms with Crippen LogP contribution in [-0.2, 0) is 22.5 Å². The maximum atomic E-state index is 12.6. The molecule has 0 atom stereocenters. The maximum Gasteiger partial charge on any atom is 0.337 e. The minimum Gasteiger partial charge on any atom is -0.465 e. The van der Waals surface area contributed by atoms with E-state index >= 15 is 0 Å². The number of hydrogen-bond donors (Lipinski definition) is 0. The van der Waals surface area contributed by atoms with Gasteiger partial charge in [-0.2, -0.15) is 4.99 Å². The van der Waals surface area contributed by atoms with Crippen LogP contribution < -0.4 is 4.80 Å². The number of rotatable bonds is 6. The van der Waals surface area contributed by atoms with E-state index < -0.39 is 5.97 Å². The second kappa shape index (κ2) is 9.01. The molecule has 3 rings (SSSR count). The lowest BCUT2D eigenvalue weighted by molar-refractivity contribution is -0.117. The fourth-order valence-corrected chi connectivity index (χ4v) is 4.15. The molecule has 0 unspecified atom stereocenters. The molecule has 150 valence electrons. The topological polar surface area (TPSA) is 60.7 Å². The van der Waals surface area contributed by atoms with Crippen LogP contribution in [0.15, 0.2) is 60.1 Å². The summed E-state index contributed by atoms with van der Waals surface area (Å²) in [5, 5.41) is 0. The van der Waals surface area contributed by atoms with E-state index in [2.05, 4.69) is 37.6 Å². The smallest absolute Gasteiger partial charge is 0.337 e. The predicted molar refractivity (Wildman–Crippen MR) is 116 cm³/mol. The lowest BCUT2D eigenvalue weighted by Gasteiger charge is -2.05. The second-order valence-corrected chi connectivity index (χ2v) is 8.05. The summed E-state index contributed by atoms with van der Waals surface area (Å²) in [6.07, 6.45) is 2.00. The molecule has 6 heteroatoms. The quantitative estimate of drug-likeness (QED) is 0.447. The van der Waals surface area contributed by atoms with Crippen LogP contribution in [0.25, 0.3) is 10.2 Å². The van der Waals surface area contributed by atoms with Gasteiger partial charge in [0.1, 0.15) is 0 Å². The molecular formula is C23H24N2O3S. The van der Waals surface area contributed by atoms with E-state index in [1.54, 1.807) is 18.2 Å². The number of ether oxygens (including phenoxy) is 1. The van der Waals surface area contributed by atoms with E-state index in [-0.39, 0.29) is 12.3 Å². The number of carbonyl (C=O) groups is 2. The normalized spacial score (nSPS) is 11.8. The van der Waals surface area contributed by atoms with Crippen LogP contribution in [0.5, 0.6) is 0 Å². The van der Waals surface area contributed by atoms with E-state index in [1.165, 1.54) is 24.0 Å². The molecule has 1 aromatic heterocycles. The SMILES string of the molecule is C=CCn1c(=NC(=O)Cc2ccc(C(C)C)cc2)sc2cc(C(=O)OC)ccc21. The van der Waals surface area contributed by atoms with Crippen LogP contribution in [0.3, 0.4) is 0 Å². The minimum absolute atomic E-state index is 0.208. The highest BCUT2D eigenvalue weighted by molar-refractivity contribution is 7.16. The van der Waals surface area contributed by atoms with E-state index in [9.17, 15) is 9.59 Å². The lowest BCUT2D eigenvalue weighted by Crippen LogP contribution is -2.17. The molecule has 0 saturated carbocycles. The van der Waals surface area contributed by atoms with Gasteiger partial charge in [0.15, 0.2) is 4.80 Å². The molecule has 0 spiro atoms. The Morgan fingerprint density at radius 3 is 2.55 bits per heavy atom. The molecule has 0 bridgehead atoms.